The summed E-state index contributed by atoms with van der Waals surface area (Å²) in [4.78, 5) is 0. The monoisotopic (exact) mass is 448 g/mol. The molecule has 0 aromatic carbocycles. The van der Waals surface area contributed by atoms with Crippen molar-refractivity contribution in [2.24, 2.45) is 46.3 Å². The zero-order valence-electron chi connectivity index (χ0n) is 21.9. The number of hydrogen-bond acceptors (Lipinski definition) is 3. The fourth-order valence-corrected chi connectivity index (χ4v) is 9.45. The molecule has 4 aliphatic carbocycles. The molecule has 32 heavy (non-hydrogen) atoms. The third-order valence-corrected chi connectivity index (χ3v) is 11.8. The van der Waals surface area contributed by atoms with Crippen molar-refractivity contribution in [1.82, 2.24) is 0 Å². The lowest BCUT2D eigenvalue weighted by Crippen LogP contribution is -2.56. The largest absolute Gasteiger partial charge is 0.393 e. The van der Waals surface area contributed by atoms with Gasteiger partial charge in [-0.1, -0.05) is 34.6 Å². The first-order valence-electron chi connectivity index (χ1n) is 14.0. The van der Waals surface area contributed by atoms with Gasteiger partial charge in [0.25, 0.3) is 0 Å². The van der Waals surface area contributed by atoms with Crippen molar-refractivity contribution < 1.29 is 14.9 Å². The fourth-order valence-electron chi connectivity index (χ4n) is 9.45. The van der Waals surface area contributed by atoms with Gasteiger partial charge in [0.15, 0.2) is 0 Å². The van der Waals surface area contributed by atoms with Gasteiger partial charge in [-0.2, -0.15) is 0 Å². The molecule has 0 spiro atoms. The van der Waals surface area contributed by atoms with Crippen LogP contribution in [0.2, 0.25) is 0 Å². The normalized spacial score (nSPS) is 48.1. The first-order chi connectivity index (χ1) is 15.1. The van der Waals surface area contributed by atoms with Gasteiger partial charge in [-0.3, -0.25) is 0 Å². The number of fused-ring (bicyclic) bond motifs is 5. The van der Waals surface area contributed by atoms with Crippen molar-refractivity contribution in [3.63, 3.8) is 0 Å². The summed E-state index contributed by atoms with van der Waals surface area (Å²) < 4.78 is 6.12. The second kappa shape index (κ2) is 9.15. The zero-order chi connectivity index (χ0) is 23.3. The highest BCUT2D eigenvalue weighted by molar-refractivity contribution is 5.11. The number of ether oxygens (including phenoxy) is 1. The van der Waals surface area contributed by atoms with Gasteiger partial charge < -0.3 is 14.9 Å². The minimum absolute atomic E-state index is 0.211. The molecule has 4 saturated carbocycles. The first kappa shape index (κ1) is 25.0. The molecule has 0 unspecified atom stereocenters. The second-order valence-electron chi connectivity index (χ2n) is 13.3. The average molecular weight is 449 g/mol. The number of aliphatic hydroxyl groups is 2. The molecule has 3 heteroatoms. The number of aliphatic hydroxyl groups excluding tert-OH is 1. The number of hydrogen-bond donors (Lipinski definition) is 2. The molecule has 4 fully saturated rings. The van der Waals surface area contributed by atoms with Gasteiger partial charge in [0, 0.05) is 7.11 Å². The molecular formula is C29H52O3. The van der Waals surface area contributed by atoms with Gasteiger partial charge in [0.2, 0.25) is 0 Å². The summed E-state index contributed by atoms with van der Waals surface area (Å²) in [5, 5.41) is 21.4. The summed E-state index contributed by atoms with van der Waals surface area (Å²) in [6, 6.07) is 0. The molecule has 0 amide bonds. The Morgan fingerprint density at radius 2 is 1.62 bits per heavy atom. The van der Waals surface area contributed by atoms with Crippen LogP contribution in [0.4, 0.5) is 0 Å². The van der Waals surface area contributed by atoms with Crippen LogP contribution in [0.25, 0.3) is 0 Å². The lowest BCUT2D eigenvalue weighted by atomic mass is 9.43. The molecule has 0 radical (unpaired) electrons. The molecule has 0 aromatic heterocycles. The van der Waals surface area contributed by atoms with Crippen LogP contribution < -0.4 is 0 Å². The Kier molecular flexibility index (Phi) is 7.15. The van der Waals surface area contributed by atoms with Crippen LogP contribution in [0.3, 0.4) is 0 Å². The zero-order valence-corrected chi connectivity index (χ0v) is 21.9. The maximum atomic E-state index is 11.0. The molecule has 10 atom stereocenters. The van der Waals surface area contributed by atoms with Crippen molar-refractivity contribution in [1.29, 1.82) is 0 Å². The van der Waals surface area contributed by atoms with Gasteiger partial charge in [0.1, 0.15) is 0 Å². The summed E-state index contributed by atoms with van der Waals surface area (Å²) in [5.41, 5.74) is 0.434. The highest BCUT2D eigenvalue weighted by Crippen LogP contribution is 2.68. The summed E-state index contributed by atoms with van der Waals surface area (Å²) in [7, 11) is 1.90. The third-order valence-electron chi connectivity index (χ3n) is 11.8. The van der Waals surface area contributed by atoms with E-state index in [1.165, 1.54) is 44.9 Å². The lowest BCUT2D eigenvalue weighted by molar-refractivity contribution is -0.156. The van der Waals surface area contributed by atoms with Crippen molar-refractivity contribution in [3.05, 3.63) is 0 Å². The quantitative estimate of drug-likeness (QED) is 0.461. The van der Waals surface area contributed by atoms with Crippen LogP contribution in [-0.2, 0) is 4.74 Å². The molecule has 0 heterocycles. The van der Waals surface area contributed by atoms with Gasteiger partial charge in [-0.15, -0.1) is 0 Å². The smallest absolute Gasteiger partial charge is 0.0648 e. The van der Waals surface area contributed by atoms with Crippen molar-refractivity contribution in [3.8, 4) is 0 Å². The molecule has 0 aliphatic heterocycles. The standard InChI is InChI=1S/C29H52O3/c1-7-29(31)17-16-27(4)20(18-29)8-9-21-22-10-11-24(28(22,5)15-14-23(21)27)26(32-6)13-12-25(30)19(2)3/h19-26,30-31H,7-18H2,1-6H3/t20-,21-,22-,23-,24+,25-,26+,27-,28-,29-/m0/s1. The van der Waals surface area contributed by atoms with Crippen LogP contribution in [0.5, 0.6) is 0 Å². The van der Waals surface area contributed by atoms with Crippen molar-refractivity contribution >= 4 is 0 Å². The molecule has 3 nitrogen and oxygen atoms in total. The topological polar surface area (TPSA) is 49.7 Å². The third kappa shape index (κ3) is 4.11. The van der Waals surface area contributed by atoms with Crippen LogP contribution in [0.15, 0.2) is 0 Å². The summed E-state index contributed by atoms with van der Waals surface area (Å²) >= 11 is 0. The Morgan fingerprint density at radius 3 is 2.28 bits per heavy atom. The van der Waals surface area contributed by atoms with Crippen LogP contribution >= 0.6 is 0 Å². The predicted octanol–water partition coefficient (Wildman–Crippen LogP) is 6.60. The molecule has 186 valence electrons. The molecule has 2 N–H and O–H groups in total. The fraction of sp³-hybridized carbons (Fsp3) is 1.00. The second-order valence-corrected chi connectivity index (χ2v) is 13.3. The first-order valence-corrected chi connectivity index (χ1v) is 14.0. The minimum atomic E-state index is -0.398. The van der Waals surface area contributed by atoms with E-state index in [2.05, 4.69) is 34.6 Å². The van der Waals surface area contributed by atoms with Crippen LogP contribution in [-0.4, -0.2) is 35.1 Å². The average Bonchev–Trinajstić information content (AvgIpc) is 3.12. The number of methoxy groups -OCH3 is 1. The Labute approximate surface area is 198 Å². The Morgan fingerprint density at radius 1 is 0.906 bits per heavy atom. The van der Waals surface area contributed by atoms with E-state index in [0.29, 0.717) is 28.6 Å². The van der Waals surface area contributed by atoms with Crippen LogP contribution in [0, 0.1) is 46.3 Å². The van der Waals surface area contributed by atoms with Crippen molar-refractivity contribution in [2.75, 3.05) is 7.11 Å². The van der Waals surface area contributed by atoms with Gasteiger partial charge in [0.05, 0.1) is 17.8 Å². The molecule has 0 aromatic rings. The predicted molar refractivity (Wildman–Crippen MR) is 131 cm³/mol. The van der Waals surface area contributed by atoms with Crippen molar-refractivity contribution in [2.45, 2.75) is 129 Å². The lowest BCUT2D eigenvalue weighted by Gasteiger charge is -2.62. The Balaban J connectivity index is 1.48. The molecular weight excluding hydrogens is 396 g/mol. The highest BCUT2D eigenvalue weighted by atomic mass is 16.5. The Hall–Kier alpha value is -0.120. The van der Waals surface area contributed by atoms with E-state index in [1.54, 1.807) is 0 Å². The highest BCUT2D eigenvalue weighted by Gasteiger charge is 2.61. The maximum absolute atomic E-state index is 11.0. The summed E-state index contributed by atoms with van der Waals surface area (Å²) in [6.45, 7) is 11.6. The Bertz CT molecular complexity index is 648. The van der Waals surface area contributed by atoms with E-state index in [0.717, 1.165) is 49.9 Å². The molecule has 4 rings (SSSR count). The van der Waals surface area contributed by atoms with E-state index in [-0.39, 0.29) is 12.2 Å². The minimum Gasteiger partial charge on any atom is -0.393 e. The molecule has 0 bridgehead atoms. The van der Waals surface area contributed by atoms with Gasteiger partial charge in [-0.05, 0) is 123 Å². The maximum Gasteiger partial charge on any atom is 0.0648 e. The van der Waals surface area contributed by atoms with E-state index in [9.17, 15) is 10.2 Å². The molecule has 0 saturated heterocycles. The van der Waals surface area contributed by atoms with E-state index < -0.39 is 5.60 Å². The van der Waals surface area contributed by atoms with E-state index in [4.69, 9.17) is 4.74 Å². The SMILES string of the molecule is CC[C@]1(O)CC[C@@]2(C)[C@@H](CC[C@@H]3[C@@H]2CC[C@]2(C)[C@@H]([C@@H](CC[C@H](O)C(C)C)OC)CC[C@@H]32)C1. The van der Waals surface area contributed by atoms with E-state index in [1.807, 2.05) is 7.11 Å². The summed E-state index contributed by atoms with van der Waals surface area (Å²) in [5.74, 6) is 4.23. The van der Waals surface area contributed by atoms with Gasteiger partial charge in [-0.25, -0.2) is 0 Å². The molecule has 4 aliphatic rings. The summed E-state index contributed by atoms with van der Waals surface area (Å²) in [6.07, 6.45) is 14.2. The van der Waals surface area contributed by atoms with Crippen LogP contribution in [0.1, 0.15) is 112 Å². The van der Waals surface area contributed by atoms with E-state index >= 15 is 0 Å². The van der Waals surface area contributed by atoms with Gasteiger partial charge >= 0.3 is 0 Å². The number of rotatable bonds is 7.